The summed E-state index contributed by atoms with van der Waals surface area (Å²) in [5, 5.41) is 0. The highest BCUT2D eigenvalue weighted by molar-refractivity contribution is 9.10. The van der Waals surface area contributed by atoms with Gasteiger partial charge in [0.1, 0.15) is 0 Å². The van der Waals surface area contributed by atoms with E-state index >= 15 is 0 Å². The lowest BCUT2D eigenvalue weighted by molar-refractivity contribution is -0.137. The zero-order chi connectivity index (χ0) is 15.9. The molecule has 2 aromatic rings. The van der Waals surface area contributed by atoms with Gasteiger partial charge in [-0.1, -0.05) is 28.1 Å². The maximum Gasteiger partial charge on any atom is 0.416 e. The molecule has 0 radical (unpaired) electrons. The second kappa shape index (κ2) is 5.43. The number of nitrogens with zero attached hydrogens (tertiary/aromatic N) is 1. The molecule has 6 heteroatoms. The summed E-state index contributed by atoms with van der Waals surface area (Å²) in [6, 6.07) is 10.1. The number of amides is 1. The molecular formula is C16H11BrF3NO. The Labute approximate surface area is 133 Å². The lowest BCUT2D eigenvalue weighted by Gasteiger charge is -2.16. The molecule has 0 N–H and O–H groups in total. The Balaban J connectivity index is 1.80. The van der Waals surface area contributed by atoms with Crippen molar-refractivity contribution in [2.75, 3.05) is 0 Å². The predicted octanol–water partition coefficient (Wildman–Crippen LogP) is 4.62. The van der Waals surface area contributed by atoms with E-state index in [1.165, 1.54) is 12.1 Å². The summed E-state index contributed by atoms with van der Waals surface area (Å²) in [5.74, 6) is -0.267. The van der Waals surface area contributed by atoms with Gasteiger partial charge >= 0.3 is 6.18 Å². The van der Waals surface area contributed by atoms with Crippen LogP contribution >= 0.6 is 15.9 Å². The van der Waals surface area contributed by atoms with E-state index in [4.69, 9.17) is 0 Å². The molecule has 3 rings (SSSR count). The number of carbonyl (C=O) groups is 1. The molecule has 114 valence electrons. The molecule has 0 saturated heterocycles. The number of hydrogen-bond donors (Lipinski definition) is 0. The highest BCUT2D eigenvalue weighted by Gasteiger charge is 2.31. The monoisotopic (exact) mass is 369 g/mol. The minimum atomic E-state index is -4.39. The van der Waals surface area contributed by atoms with Crippen molar-refractivity contribution in [2.24, 2.45) is 0 Å². The molecule has 0 aliphatic carbocycles. The molecule has 0 spiro atoms. The van der Waals surface area contributed by atoms with Crippen molar-refractivity contribution in [1.82, 2.24) is 4.90 Å². The van der Waals surface area contributed by atoms with E-state index in [0.29, 0.717) is 13.1 Å². The van der Waals surface area contributed by atoms with Gasteiger partial charge in [-0.25, -0.2) is 0 Å². The van der Waals surface area contributed by atoms with Gasteiger partial charge in [-0.15, -0.1) is 0 Å². The average molecular weight is 370 g/mol. The van der Waals surface area contributed by atoms with E-state index in [-0.39, 0.29) is 11.5 Å². The zero-order valence-corrected chi connectivity index (χ0v) is 12.9. The van der Waals surface area contributed by atoms with Crippen LogP contribution in [0.3, 0.4) is 0 Å². The number of alkyl halides is 3. The quantitative estimate of drug-likeness (QED) is 0.717. The molecule has 0 unspecified atom stereocenters. The van der Waals surface area contributed by atoms with E-state index < -0.39 is 11.7 Å². The van der Waals surface area contributed by atoms with Gasteiger partial charge < -0.3 is 4.90 Å². The lowest BCUT2D eigenvalue weighted by Crippen LogP contribution is -2.25. The van der Waals surface area contributed by atoms with Crippen LogP contribution in [0.15, 0.2) is 46.9 Å². The molecule has 1 aliphatic heterocycles. The van der Waals surface area contributed by atoms with Gasteiger partial charge in [0.2, 0.25) is 0 Å². The number of rotatable bonds is 1. The summed E-state index contributed by atoms with van der Waals surface area (Å²) in [6.45, 7) is 0.922. The number of halogens is 4. The van der Waals surface area contributed by atoms with E-state index in [1.807, 2.05) is 18.2 Å². The maximum atomic E-state index is 12.5. The SMILES string of the molecule is O=C(c1ccc(C(F)(F)F)cc1)N1Cc2cccc(Br)c2C1. The Morgan fingerprint density at radius 3 is 2.32 bits per heavy atom. The van der Waals surface area contributed by atoms with E-state index in [1.54, 1.807) is 4.90 Å². The summed E-state index contributed by atoms with van der Waals surface area (Å²) in [7, 11) is 0. The average Bonchev–Trinajstić information content (AvgIpc) is 2.91. The molecule has 2 nitrogen and oxygen atoms in total. The van der Waals surface area contributed by atoms with Gasteiger partial charge in [0, 0.05) is 23.1 Å². The fourth-order valence-corrected chi connectivity index (χ4v) is 3.04. The van der Waals surface area contributed by atoms with Gasteiger partial charge in [0.05, 0.1) is 5.56 Å². The van der Waals surface area contributed by atoms with Crippen molar-refractivity contribution in [1.29, 1.82) is 0 Å². The third kappa shape index (κ3) is 2.75. The highest BCUT2D eigenvalue weighted by atomic mass is 79.9. The second-order valence-corrected chi connectivity index (χ2v) is 5.97. The third-order valence-corrected chi connectivity index (χ3v) is 4.42. The first kappa shape index (κ1) is 15.1. The van der Waals surface area contributed by atoms with E-state index in [0.717, 1.165) is 27.7 Å². The third-order valence-electron chi connectivity index (χ3n) is 3.67. The Morgan fingerprint density at radius 2 is 1.73 bits per heavy atom. The number of hydrogen-bond acceptors (Lipinski definition) is 1. The Kier molecular flexibility index (Phi) is 3.72. The highest BCUT2D eigenvalue weighted by Crippen LogP contribution is 2.32. The normalized spacial score (nSPS) is 14.1. The van der Waals surface area contributed by atoms with Crippen molar-refractivity contribution >= 4 is 21.8 Å². The smallest absolute Gasteiger partial charge is 0.330 e. The van der Waals surface area contributed by atoms with Crippen LogP contribution in [-0.2, 0) is 19.3 Å². The maximum absolute atomic E-state index is 12.5. The summed E-state index contributed by atoms with van der Waals surface area (Å²) in [5.41, 5.74) is 1.60. The first-order valence-electron chi connectivity index (χ1n) is 6.59. The molecule has 1 amide bonds. The summed E-state index contributed by atoms with van der Waals surface area (Å²) in [4.78, 5) is 14.0. The van der Waals surface area contributed by atoms with Crippen LogP contribution < -0.4 is 0 Å². The van der Waals surface area contributed by atoms with Crippen molar-refractivity contribution in [3.63, 3.8) is 0 Å². The number of fused-ring (bicyclic) bond motifs is 1. The summed E-state index contributed by atoms with van der Waals surface area (Å²) < 4.78 is 38.6. The molecule has 1 heterocycles. The minimum absolute atomic E-state index is 0.261. The molecule has 0 fully saturated rings. The standard InChI is InChI=1S/C16H11BrF3NO/c17-14-3-1-2-11-8-21(9-13(11)14)15(22)10-4-6-12(7-5-10)16(18,19)20/h1-7H,8-9H2. The first-order chi connectivity index (χ1) is 10.4. The Bertz CT molecular complexity index is 725. The zero-order valence-electron chi connectivity index (χ0n) is 11.3. The fraction of sp³-hybridized carbons (Fsp3) is 0.188. The summed E-state index contributed by atoms with van der Waals surface area (Å²) in [6.07, 6.45) is -4.39. The predicted molar refractivity (Wildman–Crippen MR) is 79.2 cm³/mol. The van der Waals surface area contributed by atoms with Gasteiger partial charge in [-0.2, -0.15) is 13.2 Å². The molecule has 0 saturated carbocycles. The van der Waals surface area contributed by atoms with Crippen LogP contribution in [0, 0.1) is 0 Å². The molecule has 1 aliphatic rings. The molecule has 22 heavy (non-hydrogen) atoms. The van der Waals surface area contributed by atoms with Crippen LogP contribution in [0.5, 0.6) is 0 Å². The van der Waals surface area contributed by atoms with E-state index in [9.17, 15) is 18.0 Å². The summed E-state index contributed by atoms with van der Waals surface area (Å²) >= 11 is 3.45. The molecule has 0 aromatic heterocycles. The van der Waals surface area contributed by atoms with Crippen molar-refractivity contribution in [3.05, 3.63) is 69.2 Å². The van der Waals surface area contributed by atoms with Crippen LogP contribution in [0.1, 0.15) is 27.0 Å². The van der Waals surface area contributed by atoms with Crippen LogP contribution in [0.2, 0.25) is 0 Å². The van der Waals surface area contributed by atoms with Gasteiger partial charge in [0.15, 0.2) is 0 Å². The van der Waals surface area contributed by atoms with Crippen LogP contribution in [0.25, 0.3) is 0 Å². The topological polar surface area (TPSA) is 20.3 Å². The van der Waals surface area contributed by atoms with E-state index in [2.05, 4.69) is 15.9 Å². The molecular weight excluding hydrogens is 359 g/mol. The van der Waals surface area contributed by atoms with Gasteiger partial charge in [0.25, 0.3) is 5.91 Å². The Hall–Kier alpha value is -1.82. The minimum Gasteiger partial charge on any atom is -0.330 e. The molecule has 2 aromatic carbocycles. The Morgan fingerprint density at radius 1 is 1.05 bits per heavy atom. The van der Waals surface area contributed by atoms with Gasteiger partial charge in [-0.05, 0) is 41.5 Å². The number of benzene rings is 2. The fourth-order valence-electron chi connectivity index (χ4n) is 2.51. The second-order valence-electron chi connectivity index (χ2n) is 5.11. The first-order valence-corrected chi connectivity index (χ1v) is 7.38. The largest absolute Gasteiger partial charge is 0.416 e. The van der Waals surface area contributed by atoms with Crippen LogP contribution in [-0.4, -0.2) is 10.8 Å². The molecule has 0 bridgehead atoms. The van der Waals surface area contributed by atoms with Crippen molar-refractivity contribution in [2.45, 2.75) is 19.3 Å². The van der Waals surface area contributed by atoms with Crippen molar-refractivity contribution < 1.29 is 18.0 Å². The lowest BCUT2D eigenvalue weighted by atomic mass is 10.1. The van der Waals surface area contributed by atoms with Crippen molar-refractivity contribution in [3.8, 4) is 0 Å². The molecule has 0 atom stereocenters. The van der Waals surface area contributed by atoms with Gasteiger partial charge in [-0.3, -0.25) is 4.79 Å². The van der Waals surface area contributed by atoms with Crippen LogP contribution in [0.4, 0.5) is 13.2 Å². The number of carbonyl (C=O) groups excluding carboxylic acids is 1.